The summed E-state index contributed by atoms with van der Waals surface area (Å²) in [4.78, 5) is 22.6. The van der Waals surface area contributed by atoms with E-state index in [0.717, 1.165) is 0 Å². The van der Waals surface area contributed by atoms with Crippen molar-refractivity contribution in [3.8, 4) is 5.75 Å². The molecule has 4 N–H and O–H groups in total. The first-order valence-corrected chi connectivity index (χ1v) is 7.58. The van der Waals surface area contributed by atoms with Crippen LogP contribution in [0.15, 0.2) is 59.7 Å². The Balaban J connectivity index is 2.03. The predicted octanol–water partition coefficient (Wildman–Crippen LogP) is 3.39. The normalized spacial score (nSPS) is 10.9. The third-order valence-corrected chi connectivity index (χ3v) is 3.83. The summed E-state index contributed by atoms with van der Waals surface area (Å²) in [5, 5.41) is 34.0. The molecule has 0 unspecified atom stereocenters. The fraction of sp³-hybridized carbons (Fsp3) is 0. The molecular formula is C19H14N2O5. The minimum atomic E-state index is -1.26. The average Bonchev–Trinajstić information content (AvgIpc) is 2.63. The number of rotatable bonds is 5. The molecule has 0 heterocycles. The number of fused-ring (bicyclic) bond motifs is 1. The van der Waals surface area contributed by atoms with E-state index in [9.17, 15) is 19.8 Å². The van der Waals surface area contributed by atoms with Crippen molar-refractivity contribution >= 4 is 34.6 Å². The average molecular weight is 350 g/mol. The van der Waals surface area contributed by atoms with Gasteiger partial charge in [0, 0.05) is 5.56 Å². The van der Waals surface area contributed by atoms with Gasteiger partial charge in [0.1, 0.15) is 11.3 Å². The quantitative estimate of drug-likeness (QED) is 0.414. The number of hydrazone groups is 1. The SMILES string of the molecule is O=C(O)c1ccccc1NN=Cc1c(O)c(C(=O)O)cc2ccccc12. The molecule has 26 heavy (non-hydrogen) atoms. The van der Waals surface area contributed by atoms with Gasteiger partial charge in [-0.05, 0) is 29.0 Å². The number of carbonyl (C=O) groups is 2. The molecule has 3 aromatic rings. The molecule has 0 amide bonds. The molecule has 0 aliphatic rings. The van der Waals surface area contributed by atoms with E-state index in [-0.39, 0.29) is 22.4 Å². The summed E-state index contributed by atoms with van der Waals surface area (Å²) in [5.41, 5.74) is 2.91. The van der Waals surface area contributed by atoms with Gasteiger partial charge in [-0.25, -0.2) is 9.59 Å². The topological polar surface area (TPSA) is 119 Å². The smallest absolute Gasteiger partial charge is 0.339 e. The second-order valence-corrected chi connectivity index (χ2v) is 5.43. The Labute approximate surface area is 147 Å². The van der Waals surface area contributed by atoms with Gasteiger partial charge in [0.15, 0.2) is 0 Å². The highest BCUT2D eigenvalue weighted by Crippen LogP contribution is 2.30. The van der Waals surface area contributed by atoms with Gasteiger partial charge in [-0.15, -0.1) is 0 Å². The number of aromatic hydroxyl groups is 1. The fourth-order valence-electron chi connectivity index (χ4n) is 2.59. The number of anilines is 1. The molecule has 0 saturated carbocycles. The van der Waals surface area contributed by atoms with E-state index in [2.05, 4.69) is 10.5 Å². The van der Waals surface area contributed by atoms with E-state index in [1.54, 1.807) is 42.5 Å². The maximum Gasteiger partial charge on any atom is 0.339 e. The van der Waals surface area contributed by atoms with Gasteiger partial charge in [-0.2, -0.15) is 5.10 Å². The van der Waals surface area contributed by atoms with Gasteiger partial charge in [0.05, 0.1) is 17.5 Å². The van der Waals surface area contributed by atoms with Crippen LogP contribution in [0.25, 0.3) is 10.8 Å². The van der Waals surface area contributed by atoms with Gasteiger partial charge in [-0.3, -0.25) is 5.43 Å². The molecule has 7 heteroatoms. The first-order chi connectivity index (χ1) is 12.5. The standard InChI is InChI=1S/C19H14N2O5/c22-17-14(19(25)26)9-11-5-1-2-6-12(11)15(17)10-20-21-16-8-4-3-7-13(16)18(23)24/h1-10,21-22H,(H,23,24)(H,25,26). The summed E-state index contributed by atoms with van der Waals surface area (Å²) in [5.74, 6) is -2.77. The fourth-order valence-corrected chi connectivity index (χ4v) is 2.59. The van der Waals surface area contributed by atoms with Crippen molar-refractivity contribution in [1.82, 2.24) is 0 Å². The Morgan fingerprint density at radius 3 is 2.31 bits per heavy atom. The third-order valence-electron chi connectivity index (χ3n) is 3.83. The Kier molecular flexibility index (Phi) is 4.53. The monoisotopic (exact) mass is 350 g/mol. The van der Waals surface area contributed by atoms with E-state index >= 15 is 0 Å². The van der Waals surface area contributed by atoms with Crippen LogP contribution in [-0.2, 0) is 0 Å². The van der Waals surface area contributed by atoms with Gasteiger partial charge in [0.2, 0.25) is 0 Å². The summed E-state index contributed by atoms with van der Waals surface area (Å²) in [6.07, 6.45) is 1.27. The van der Waals surface area contributed by atoms with Crippen LogP contribution < -0.4 is 5.43 Å². The number of para-hydroxylation sites is 1. The van der Waals surface area contributed by atoms with Gasteiger partial charge < -0.3 is 15.3 Å². The third kappa shape index (κ3) is 3.18. The zero-order valence-corrected chi connectivity index (χ0v) is 13.4. The number of aromatic carboxylic acids is 2. The summed E-state index contributed by atoms with van der Waals surface area (Å²) in [6.45, 7) is 0. The lowest BCUT2D eigenvalue weighted by molar-refractivity contribution is 0.0684. The van der Waals surface area contributed by atoms with E-state index in [1.165, 1.54) is 18.3 Å². The van der Waals surface area contributed by atoms with Crippen molar-refractivity contribution in [3.05, 3.63) is 71.3 Å². The number of phenols is 1. The first-order valence-electron chi connectivity index (χ1n) is 7.58. The van der Waals surface area contributed by atoms with Gasteiger partial charge in [-0.1, -0.05) is 36.4 Å². The number of benzene rings is 3. The summed E-state index contributed by atoms with van der Waals surface area (Å²) in [6, 6.07) is 14.6. The van der Waals surface area contributed by atoms with E-state index in [1.807, 2.05) is 0 Å². The predicted molar refractivity (Wildman–Crippen MR) is 97.2 cm³/mol. The van der Waals surface area contributed by atoms with Crippen molar-refractivity contribution in [2.24, 2.45) is 5.10 Å². The number of nitrogens with zero attached hydrogens (tertiary/aromatic N) is 1. The van der Waals surface area contributed by atoms with E-state index < -0.39 is 17.7 Å². The van der Waals surface area contributed by atoms with Crippen molar-refractivity contribution in [2.45, 2.75) is 0 Å². The van der Waals surface area contributed by atoms with Crippen LogP contribution in [0.4, 0.5) is 5.69 Å². The van der Waals surface area contributed by atoms with Crippen molar-refractivity contribution in [3.63, 3.8) is 0 Å². The second kappa shape index (κ2) is 6.94. The van der Waals surface area contributed by atoms with Crippen LogP contribution in [-0.4, -0.2) is 33.5 Å². The summed E-state index contributed by atoms with van der Waals surface area (Å²) < 4.78 is 0. The molecule has 130 valence electrons. The van der Waals surface area contributed by atoms with Crippen LogP contribution in [0.5, 0.6) is 5.75 Å². The lowest BCUT2D eigenvalue weighted by Gasteiger charge is -2.09. The van der Waals surface area contributed by atoms with E-state index in [4.69, 9.17) is 5.11 Å². The second-order valence-electron chi connectivity index (χ2n) is 5.43. The molecule has 3 rings (SSSR count). The van der Waals surface area contributed by atoms with Gasteiger partial charge in [0.25, 0.3) is 0 Å². The minimum absolute atomic E-state index is 0.0398. The highest BCUT2D eigenvalue weighted by molar-refractivity contribution is 6.08. The van der Waals surface area contributed by atoms with Crippen molar-refractivity contribution < 1.29 is 24.9 Å². The molecule has 3 aromatic carbocycles. The van der Waals surface area contributed by atoms with Crippen molar-refractivity contribution in [2.75, 3.05) is 5.43 Å². The van der Waals surface area contributed by atoms with Crippen molar-refractivity contribution in [1.29, 1.82) is 0 Å². The Bertz CT molecular complexity index is 1040. The molecule has 0 saturated heterocycles. The zero-order chi connectivity index (χ0) is 18.7. The largest absolute Gasteiger partial charge is 0.506 e. The highest BCUT2D eigenvalue weighted by Gasteiger charge is 2.16. The highest BCUT2D eigenvalue weighted by atomic mass is 16.4. The molecule has 7 nitrogen and oxygen atoms in total. The Morgan fingerprint density at radius 2 is 1.58 bits per heavy atom. The first kappa shape index (κ1) is 17.0. The lowest BCUT2D eigenvalue weighted by atomic mass is 10.00. The number of hydrogen-bond donors (Lipinski definition) is 4. The molecule has 0 aliphatic carbocycles. The maximum absolute atomic E-state index is 11.3. The van der Waals surface area contributed by atoms with Crippen LogP contribution in [0.2, 0.25) is 0 Å². The van der Waals surface area contributed by atoms with Crippen LogP contribution in [0.1, 0.15) is 26.3 Å². The number of hydrogen-bond acceptors (Lipinski definition) is 5. The minimum Gasteiger partial charge on any atom is -0.506 e. The number of nitrogens with one attached hydrogen (secondary N) is 1. The molecular weight excluding hydrogens is 336 g/mol. The summed E-state index contributed by atoms with van der Waals surface area (Å²) >= 11 is 0. The molecule has 0 atom stereocenters. The zero-order valence-electron chi connectivity index (χ0n) is 13.4. The van der Waals surface area contributed by atoms with Crippen LogP contribution >= 0.6 is 0 Å². The molecule has 0 aliphatic heterocycles. The van der Waals surface area contributed by atoms with Crippen LogP contribution in [0, 0.1) is 0 Å². The maximum atomic E-state index is 11.3. The Morgan fingerprint density at radius 1 is 0.923 bits per heavy atom. The lowest BCUT2D eigenvalue weighted by Crippen LogP contribution is -2.03. The molecule has 0 radical (unpaired) electrons. The number of carboxylic acids is 2. The molecule has 0 fully saturated rings. The van der Waals surface area contributed by atoms with Gasteiger partial charge >= 0.3 is 11.9 Å². The molecule has 0 spiro atoms. The van der Waals surface area contributed by atoms with Crippen LogP contribution in [0.3, 0.4) is 0 Å². The summed E-state index contributed by atoms with van der Waals surface area (Å²) in [7, 11) is 0. The Hall–Kier alpha value is -3.87. The molecule has 0 aromatic heterocycles. The molecule has 0 bridgehead atoms. The van der Waals surface area contributed by atoms with E-state index in [0.29, 0.717) is 10.8 Å². The number of carboxylic acid groups (broad SMARTS) is 2.